The number of hydrogen-bond acceptors (Lipinski definition) is 3. The Labute approximate surface area is 116 Å². The van der Waals surface area contributed by atoms with Crippen molar-refractivity contribution in [3.63, 3.8) is 0 Å². The van der Waals surface area contributed by atoms with E-state index in [0.29, 0.717) is 0 Å². The zero-order valence-corrected chi connectivity index (χ0v) is 12.1. The lowest BCUT2D eigenvalue weighted by Crippen LogP contribution is -2.30. The van der Waals surface area contributed by atoms with Crippen LogP contribution < -0.4 is 14.8 Å². The third-order valence-corrected chi connectivity index (χ3v) is 3.82. The molecule has 3 heteroatoms. The molecular weight excluding hydrogens is 238 g/mol. The molecule has 1 aliphatic rings. The maximum absolute atomic E-state index is 5.88. The lowest BCUT2D eigenvalue weighted by atomic mass is 9.97. The Balaban J connectivity index is 1.84. The second-order valence-electron chi connectivity index (χ2n) is 5.19. The van der Waals surface area contributed by atoms with E-state index in [4.69, 9.17) is 9.47 Å². The third-order valence-electron chi connectivity index (χ3n) is 3.82. The summed E-state index contributed by atoms with van der Waals surface area (Å²) < 4.78 is 11.3. The molecule has 1 heterocycles. The maximum atomic E-state index is 5.88. The van der Waals surface area contributed by atoms with Gasteiger partial charge in [-0.1, -0.05) is 13.0 Å². The van der Waals surface area contributed by atoms with Crippen molar-refractivity contribution in [2.24, 2.45) is 5.92 Å². The minimum Gasteiger partial charge on any atom is -0.493 e. The average Bonchev–Trinajstić information content (AvgIpc) is 2.48. The number of methoxy groups -OCH3 is 1. The van der Waals surface area contributed by atoms with E-state index in [0.717, 1.165) is 43.4 Å². The summed E-state index contributed by atoms with van der Waals surface area (Å²) in [4.78, 5) is 0. The number of aryl methyl sites for hydroxylation is 1. The van der Waals surface area contributed by atoms with Crippen LogP contribution in [0.25, 0.3) is 0 Å². The smallest absolute Gasteiger partial charge is 0.161 e. The van der Waals surface area contributed by atoms with Crippen LogP contribution in [0.5, 0.6) is 11.5 Å². The van der Waals surface area contributed by atoms with E-state index in [1.807, 2.05) is 6.07 Å². The molecule has 1 N–H and O–H groups in total. The molecule has 3 nitrogen and oxygen atoms in total. The van der Waals surface area contributed by atoms with Crippen molar-refractivity contribution in [3.8, 4) is 11.5 Å². The first-order valence-corrected chi connectivity index (χ1v) is 7.34. The zero-order chi connectivity index (χ0) is 13.5. The van der Waals surface area contributed by atoms with Crippen LogP contribution >= 0.6 is 0 Å². The molecule has 0 spiro atoms. The second kappa shape index (κ2) is 7.39. The zero-order valence-electron chi connectivity index (χ0n) is 12.1. The van der Waals surface area contributed by atoms with E-state index in [2.05, 4.69) is 24.4 Å². The van der Waals surface area contributed by atoms with Gasteiger partial charge in [-0.2, -0.15) is 0 Å². The van der Waals surface area contributed by atoms with E-state index in [9.17, 15) is 0 Å². The highest BCUT2D eigenvalue weighted by molar-refractivity contribution is 5.42. The van der Waals surface area contributed by atoms with Crippen LogP contribution in [0.1, 0.15) is 31.7 Å². The van der Waals surface area contributed by atoms with Gasteiger partial charge in [-0.15, -0.1) is 0 Å². The topological polar surface area (TPSA) is 30.5 Å². The normalized spacial score (nSPS) is 19.2. The second-order valence-corrected chi connectivity index (χ2v) is 5.19. The first-order valence-electron chi connectivity index (χ1n) is 7.34. The van der Waals surface area contributed by atoms with E-state index >= 15 is 0 Å². The largest absolute Gasteiger partial charge is 0.493 e. The van der Waals surface area contributed by atoms with Crippen LogP contribution in [-0.4, -0.2) is 26.8 Å². The summed E-state index contributed by atoms with van der Waals surface area (Å²) in [6, 6.07) is 6.20. The number of benzene rings is 1. The highest BCUT2D eigenvalue weighted by atomic mass is 16.5. The van der Waals surface area contributed by atoms with Gasteiger partial charge in [-0.05, 0) is 62.4 Å². The van der Waals surface area contributed by atoms with Crippen LogP contribution in [0.4, 0.5) is 0 Å². The van der Waals surface area contributed by atoms with Gasteiger partial charge >= 0.3 is 0 Å². The third kappa shape index (κ3) is 4.13. The quantitative estimate of drug-likeness (QED) is 0.855. The predicted octanol–water partition coefficient (Wildman–Crippen LogP) is 3.03. The summed E-state index contributed by atoms with van der Waals surface area (Å²) in [5.74, 6) is 2.47. The SMILES string of the molecule is CCc1ccc(OCCC2CCCNC2)c(OC)c1. The molecule has 0 radical (unpaired) electrons. The minimum absolute atomic E-state index is 0.759. The van der Waals surface area contributed by atoms with Gasteiger partial charge in [0.1, 0.15) is 0 Å². The van der Waals surface area contributed by atoms with Crippen LogP contribution in [-0.2, 0) is 6.42 Å². The molecule has 2 rings (SSSR count). The van der Waals surface area contributed by atoms with Gasteiger partial charge < -0.3 is 14.8 Å². The Morgan fingerprint density at radius 3 is 2.89 bits per heavy atom. The van der Waals surface area contributed by atoms with Crippen molar-refractivity contribution in [2.75, 3.05) is 26.8 Å². The molecule has 1 fully saturated rings. The van der Waals surface area contributed by atoms with E-state index in [-0.39, 0.29) is 0 Å². The van der Waals surface area contributed by atoms with Crippen molar-refractivity contribution in [1.29, 1.82) is 0 Å². The van der Waals surface area contributed by atoms with Gasteiger partial charge in [0.15, 0.2) is 11.5 Å². The number of hydrogen-bond donors (Lipinski definition) is 1. The van der Waals surface area contributed by atoms with Gasteiger partial charge in [0.2, 0.25) is 0 Å². The molecule has 0 aliphatic carbocycles. The molecule has 1 aromatic carbocycles. The van der Waals surface area contributed by atoms with E-state index < -0.39 is 0 Å². The maximum Gasteiger partial charge on any atom is 0.161 e. The van der Waals surface area contributed by atoms with Crippen molar-refractivity contribution in [3.05, 3.63) is 23.8 Å². The molecular formula is C16H25NO2. The Kier molecular flexibility index (Phi) is 5.52. The average molecular weight is 263 g/mol. The Bertz CT molecular complexity index is 386. The predicted molar refractivity (Wildman–Crippen MR) is 78.1 cm³/mol. The standard InChI is InChI=1S/C16H25NO2/c1-3-13-6-7-15(16(11-13)18-2)19-10-8-14-5-4-9-17-12-14/h6-7,11,14,17H,3-5,8-10,12H2,1-2H3. The van der Waals surface area contributed by atoms with Crippen LogP contribution in [0.2, 0.25) is 0 Å². The van der Waals surface area contributed by atoms with Crippen molar-refractivity contribution in [2.45, 2.75) is 32.6 Å². The fourth-order valence-electron chi connectivity index (χ4n) is 2.56. The fourth-order valence-corrected chi connectivity index (χ4v) is 2.56. The summed E-state index contributed by atoms with van der Waals surface area (Å²) in [6.45, 7) is 5.22. The van der Waals surface area contributed by atoms with Crippen LogP contribution in [0.3, 0.4) is 0 Å². The first kappa shape index (κ1) is 14.2. The van der Waals surface area contributed by atoms with Crippen LogP contribution in [0, 0.1) is 5.92 Å². The highest BCUT2D eigenvalue weighted by Gasteiger charge is 2.13. The van der Waals surface area contributed by atoms with E-state index in [1.54, 1.807) is 7.11 Å². The highest BCUT2D eigenvalue weighted by Crippen LogP contribution is 2.28. The van der Waals surface area contributed by atoms with Gasteiger partial charge in [0.05, 0.1) is 13.7 Å². The summed E-state index contributed by atoms with van der Waals surface area (Å²) >= 11 is 0. The lowest BCUT2D eigenvalue weighted by molar-refractivity contribution is 0.245. The summed E-state index contributed by atoms with van der Waals surface area (Å²) in [6.07, 6.45) is 4.75. The molecule has 19 heavy (non-hydrogen) atoms. The number of ether oxygens (including phenoxy) is 2. The van der Waals surface area contributed by atoms with Gasteiger partial charge in [0.25, 0.3) is 0 Å². The minimum atomic E-state index is 0.759. The molecule has 0 amide bonds. The van der Waals surface area contributed by atoms with Crippen molar-refractivity contribution >= 4 is 0 Å². The Morgan fingerprint density at radius 2 is 2.21 bits per heavy atom. The molecule has 1 saturated heterocycles. The Morgan fingerprint density at radius 1 is 1.32 bits per heavy atom. The molecule has 0 bridgehead atoms. The number of nitrogens with one attached hydrogen (secondary N) is 1. The van der Waals surface area contributed by atoms with E-state index in [1.165, 1.54) is 24.9 Å². The fraction of sp³-hybridized carbons (Fsp3) is 0.625. The monoisotopic (exact) mass is 263 g/mol. The molecule has 1 aliphatic heterocycles. The molecule has 0 aromatic heterocycles. The van der Waals surface area contributed by atoms with Crippen LogP contribution in [0.15, 0.2) is 18.2 Å². The van der Waals surface area contributed by atoms with Gasteiger partial charge in [0, 0.05) is 0 Å². The summed E-state index contributed by atoms with van der Waals surface area (Å²) in [5, 5.41) is 3.44. The molecule has 0 saturated carbocycles. The summed E-state index contributed by atoms with van der Waals surface area (Å²) in [7, 11) is 1.70. The first-order chi connectivity index (χ1) is 9.33. The van der Waals surface area contributed by atoms with Gasteiger partial charge in [-0.25, -0.2) is 0 Å². The molecule has 1 atom stereocenters. The van der Waals surface area contributed by atoms with Crippen molar-refractivity contribution in [1.82, 2.24) is 5.32 Å². The van der Waals surface area contributed by atoms with Gasteiger partial charge in [-0.3, -0.25) is 0 Å². The number of piperidine rings is 1. The molecule has 1 unspecified atom stereocenters. The van der Waals surface area contributed by atoms with Crippen molar-refractivity contribution < 1.29 is 9.47 Å². The molecule has 106 valence electrons. The lowest BCUT2D eigenvalue weighted by Gasteiger charge is -2.22. The number of rotatable bonds is 6. The molecule has 1 aromatic rings. The Hall–Kier alpha value is -1.22. The summed E-state index contributed by atoms with van der Waals surface area (Å²) in [5.41, 5.74) is 1.28.